The maximum Gasteiger partial charge on any atom is 0.419 e. The zero-order valence-electron chi connectivity index (χ0n) is 12.7. The predicted octanol–water partition coefficient (Wildman–Crippen LogP) is 4.21. The standard InChI is InChI=1S/C15H16ClF4N3S/c16-2-5-22-3-1-4-23(7-6-22)14-21-12-9-11(17)10(15(18,19)20)8-13(12)24-14/h8-9H,1-7H2. The van der Waals surface area contributed by atoms with Gasteiger partial charge in [0.05, 0.1) is 15.8 Å². The molecule has 1 aromatic carbocycles. The number of hydrogen-bond acceptors (Lipinski definition) is 4. The van der Waals surface area contributed by atoms with Gasteiger partial charge in [-0.25, -0.2) is 9.37 Å². The number of benzene rings is 1. The van der Waals surface area contributed by atoms with E-state index in [9.17, 15) is 17.6 Å². The molecule has 0 radical (unpaired) electrons. The van der Waals surface area contributed by atoms with Crippen molar-refractivity contribution >= 4 is 38.3 Å². The number of anilines is 1. The first-order chi connectivity index (χ1) is 11.4. The summed E-state index contributed by atoms with van der Waals surface area (Å²) < 4.78 is 52.5. The van der Waals surface area contributed by atoms with Crippen LogP contribution >= 0.6 is 22.9 Å². The Balaban J connectivity index is 1.85. The van der Waals surface area contributed by atoms with Crippen molar-refractivity contribution < 1.29 is 17.6 Å². The van der Waals surface area contributed by atoms with Crippen molar-refractivity contribution in [3.63, 3.8) is 0 Å². The molecule has 0 unspecified atom stereocenters. The van der Waals surface area contributed by atoms with Gasteiger partial charge in [-0.15, -0.1) is 11.6 Å². The molecule has 1 saturated heterocycles. The number of fused-ring (bicyclic) bond motifs is 1. The third-order valence-corrected chi connectivity index (χ3v) is 5.28. The van der Waals surface area contributed by atoms with Crippen molar-refractivity contribution in [2.75, 3.05) is 43.5 Å². The van der Waals surface area contributed by atoms with Crippen molar-refractivity contribution in [1.82, 2.24) is 9.88 Å². The highest BCUT2D eigenvalue weighted by Gasteiger charge is 2.34. The highest BCUT2D eigenvalue weighted by molar-refractivity contribution is 7.22. The minimum Gasteiger partial charge on any atom is -0.347 e. The lowest BCUT2D eigenvalue weighted by Gasteiger charge is -2.20. The SMILES string of the molecule is Fc1cc2nc(N3CCCN(CCCl)CC3)sc2cc1C(F)(F)F. The van der Waals surface area contributed by atoms with Crippen LogP contribution in [0.15, 0.2) is 12.1 Å². The molecular formula is C15H16ClF4N3S. The van der Waals surface area contributed by atoms with Gasteiger partial charge in [0.25, 0.3) is 0 Å². The molecule has 0 atom stereocenters. The van der Waals surface area contributed by atoms with E-state index in [0.717, 1.165) is 51.3 Å². The molecule has 9 heteroatoms. The van der Waals surface area contributed by atoms with Crippen molar-refractivity contribution in [3.05, 3.63) is 23.5 Å². The number of hydrogen-bond donors (Lipinski definition) is 0. The number of rotatable bonds is 3. The van der Waals surface area contributed by atoms with E-state index in [4.69, 9.17) is 11.6 Å². The summed E-state index contributed by atoms with van der Waals surface area (Å²) in [6.07, 6.45) is -3.78. The van der Waals surface area contributed by atoms with Crippen LogP contribution in [0.2, 0.25) is 0 Å². The molecule has 0 spiro atoms. The predicted molar refractivity (Wildman–Crippen MR) is 88.6 cm³/mol. The van der Waals surface area contributed by atoms with Crippen molar-refractivity contribution in [2.24, 2.45) is 0 Å². The third-order valence-electron chi connectivity index (χ3n) is 4.03. The number of thiazole rings is 1. The van der Waals surface area contributed by atoms with Crippen LogP contribution in [0.1, 0.15) is 12.0 Å². The Kier molecular flexibility index (Phi) is 5.17. The molecule has 1 aliphatic heterocycles. The maximum absolute atomic E-state index is 13.7. The van der Waals surface area contributed by atoms with E-state index < -0.39 is 17.6 Å². The summed E-state index contributed by atoms with van der Waals surface area (Å²) in [5, 5.41) is 0.636. The van der Waals surface area contributed by atoms with Gasteiger partial charge in [-0.3, -0.25) is 0 Å². The fourth-order valence-corrected chi connectivity index (χ4v) is 4.07. The van der Waals surface area contributed by atoms with Gasteiger partial charge >= 0.3 is 6.18 Å². The molecule has 0 aliphatic carbocycles. The number of aromatic nitrogens is 1. The second-order valence-electron chi connectivity index (χ2n) is 5.67. The summed E-state index contributed by atoms with van der Waals surface area (Å²) in [5.41, 5.74) is -0.975. The molecule has 24 heavy (non-hydrogen) atoms. The average Bonchev–Trinajstić information content (AvgIpc) is 2.76. The maximum atomic E-state index is 13.7. The molecule has 3 rings (SSSR count). The smallest absolute Gasteiger partial charge is 0.347 e. The van der Waals surface area contributed by atoms with Crippen molar-refractivity contribution in [3.8, 4) is 0 Å². The van der Waals surface area contributed by atoms with Gasteiger partial charge in [0.15, 0.2) is 5.13 Å². The second kappa shape index (κ2) is 7.01. The van der Waals surface area contributed by atoms with Gasteiger partial charge in [-0.1, -0.05) is 11.3 Å². The second-order valence-corrected chi connectivity index (χ2v) is 7.05. The van der Waals surface area contributed by atoms with Crippen LogP contribution in [0.5, 0.6) is 0 Å². The summed E-state index contributed by atoms with van der Waals surface area (Å²) >= 11 is 6.94. The highest BCUT2D eigenvalue weighted by atomic mass is 35.5. The lowest BCUT2D eigenvalue weighted by molar-refractivity contribution is -0.139. The van der Waals surface area contributed by atoms with Crippen LogP contribution in [0.4, 0.5) is 22.7 Å². The van der Waals surface area contributed by atoms with Crippen LogP contribution < -0.4 is 4.90 Å². The summed E-state index contributed by atoms with van der Waals surface area (Å²) in [7, 11) is 0. The van der Waals surface area contributed by atoms with Gasteiger partial charge < -0.3 is 9.80 Å². The normalized spacial score (nSPS) is 17.5. The van der Waals surface area contributed by atoms with E-state index >= 15 is 0 Å². The fourth-order valence-electron chi connectivity index (χ4n) is 2.79. The monoisotopic (exact) mass is 381 g/mol. The Morgan fingerprint density at radius 3 is 2.67 bits per heavy atom. The quantitative estimate of drug-likeness (QED) is 0.586. The zero-order valence-corrected chi connectivity index (χ0v) is 14.3. The Hall–Kier alpha value is -1.12. The Morgan fingerprint density at radius 1 is 1.17 bits per heavy atom. The highest BCUT2D eigenvalue weighted by Crippen LogP contribution is 2.37. The van der Waals surface area contributed by atoms with E-state index in [1.807, 2.05) is 4.90 Å². The Bertz CT molecular complexity index is 719. The molecule has 1 aliphatic rings. The third kappa shape index (κ3) is 3.75. The number of halogens is 5. The minimum absolute atomic E-state index is 0.266. The molecular weight excluding hydrogens is 366 g/mol. The van der Waals surface area contributed by atoms with Crippen LogP contribution in [-0.4, -0.2) is 48.5 Å². The van der Waals surface area contributed by atoms with Gasteiger partial charge in [-0.2, -0.15) is 13.2 Å². The molecule has 2 heterocycles. The Morgan fingerprint density at radius 2 is 1.96 bits per heavy atom. The first kappa shape index (κ1) is 17.7. The molecule has 0 N–H and O–H groups in total. The molecule has 0 saturated carbocycles. The summed E-state index contributed by atoms with van der Waals surface area (Å²) in [4.78, 5) is 8.62. The minimum atomic E-state index is -4.70. The summed E-state index contributed by atoms with van der Waals surface area (Å²) in [6, 6.07) is 1.72. The first-order valence-electron chi connectivity index (χ1n) is 7.59. The van der Waals surface area contributed by atoms with Gasteiger partial charge in [0.2, 0.25) is 0 Å². The molecule has 1 aromatic heterocycles. The molecule has 3 nitrogen and oxygen atoms in total. The lowest BCUT2D eigenvalue weighted by atomic mass is 10.2. The van der Waals surface area contributed by atoms with E-state index in [1.54, 1.807) is 0 Å². The van der Waals surface area contributed by atoms with E-state index in [1.165, 1.54) is 11.3 Å². The van der Waals surface area contributed by atoms with Crippen LogP contribution in [0.25, 0.3) is 10.2 Å². The van der Waals surface area contributed by atoms with Crippen molar-refractivity contribution in [1.29, 1.82) is 0 Å². The van der Waals surface area contributed by atoms with Crippen LogP contribution in [0, 0.1) is 5.82 Å². The topological polar surface area (TPSA) is 19.4 Å². The van der Waals surface area contributed by atoms with Gasteiger partial charge in [-0.05, 0) is 19.0 Å². The van der Waals surface area contributed by atoms with E-state index in [-0.39, 0.29) is 5.52 Å². The number of alkyl halides is 4. The molecule has 0 amide bonds. The Labute approximate surface area is 145 Å². The van der Waals surface area contributed by atoms with E-state index in [2.05, 4.69) is 9.88 Å². The average molecular weight is 382 g/mol. The summed E-state index contributed by atoms with van der Waals surface area (Å²) in [6.45, 7) is 4.07. The van der Waals surface area contributed by atoms with Crippen LogP contribution in [-0.2, 0) is 6.18 Å². The molecule has 2 aromatic rings. The van der Waals surface area contributed by atoms with Crippen molar-refractivity contribution in [2.45, 2.75) is 12.6 Å². The number of nitrogens with zero attached hydrogens (tertiary/aromatic N) is 3. The molecule has 1 fully saturated rings. The first-order valence-corrected chi connectivity index (χ1v) is 8.94. The molecule has 132 valence electrons. The van der Waals surface area contributed by atoms with E-state index in [0.29, 0.717) is 15.7 Å². The van der Waals surface area contributed by atoms with Gasteiger partial charge in [0.1, 0.15) is 5.82 Å². The fraction of sp³-hybridized carbons (Fsp3) is 0.533. The largest absolute Gasteiger partial charge is 0.419 e. The lowest BCUT2D eigenvalue weighted by Crippen LogP contribution is -2.31. The summed E-state index contributed by atoms with van der Waals surface area (Å²) in [5.74, 6) is -0.711. The molecule has 0 bridgehead atoms. The van der Waals surface area contributed by atoms with Crippen LogP contribution in [0.3, 0.4) is 0 Å². The zero-order chi connectivity index (χ0) is 17.3. The van der Waals surface area contributed by atoms with Gasteiger partial charge in [0, 0.05) is 38.1 Å².